The normalized spacial score (nSPS) is 17.1. The highest BCUT2D eigenvalue weighted by Gasteiger charge is 2.13. The monoisotopic (exact) mass is 261 g/mol. The van der Waals surface area contributed by atoms with E-state index < -0.39 is 0 Å². The summed E-state index contributed by atoms with van der Waals surface area (Å²) in [7, 11) is 0. The number of rotatable bonds is 6. The summed E-state index contributed by atoms with van der Waals surface area (Å²) in [5.41, 5.74) is 1.32. The maximum absolute atomic E-state index is 6.15. The fourth-order valence-corrected chi connectivity index (χ4v) is 2.69. The van der Waals surface area contributed by atoms with Gasteiger partial charge in [-0.2, -0.15) is 0 Å². The topological polar surface area (TPSA) is 21.3 Å². The summed E-state index contributed by atoms with van der Waals surface area (Å²) in [4.78, 5) is 0. The predicted molar refractivity (Wildman–Crippen MR) is 80.6 cm³/mol. The lowest BCUT2D eigenvalue weighted by atomic mass is 10.1. The largest absolute Gasteiger partial charge is 0.490 e. The molecule has 1 N–H and O–H groups in total. The van der Waals surface area contributed by atoms with Crippen LogP contribution in [0.2, 0.25) is 0 Å². The zero-order valence-corrected chi connectivity index (χ0v) is 12.2. The van der Waals surface area contributed by atoms with Crippen LogP contribution in [0.1, 0.15) is 57.4 Å². The van der Waals surface area contributed by atoms with Crippen LogP contribution in [0.15, 0.2) is 24.3 Å². The van der Waals surface area contributed by atoms with Crippen molar-refractivity contribution in [1.29, 1.82) is 0 Å². The summed E-state index contributed by atoms with van der Waals surface area (Å²) < 4.78 is 6.15. The Balaban J connectivity index is 1.86. The average Bonchev–Trinajstić information content (AvgIpc) is 2.68. The number of nitrogens with one attached hydrogen (secondary N) is 1. The molecule has 0 aromatic heterocycles. The van der Waals surface area contributed by atoms with E-state index in [-0.39, 0.29) is 0 Å². The molecule has 0 bridgehead atoms. The predicted octanol–water partition coefficient (Wildman–Crippen LogP) is 4.29. The van der Waals surface area contributed by atoms with E-state index >= 15 is 0 Å². The molecule has 0 saturated heterocycles. The fourth-order valence-electron chi connectivity index (χ4n) is 2.69. The van der Waals surface area contributed by atoms with E-state index in [1.165, 1.54) is 50.5 Å². The molecule has 0 radical (unpaired) electrons. The highest BCUT2D eigenvalue weighted by molar-refractivity contribution is 5.28. The van der Waals surface area contributed by atoms with Crippen molar-refractivity contribution in [2.75, 3.05) is 6.54 Å². The molecule has 2 rings (SSSR count). The molecular formula is C17H27NO. The van der Waals surface area contributed by atoms with Gasteiger partial charge >= 0.3 is 0 Å². The number of hydrogen-bond donors (Lipinski definition) is 1. The summed E-state index contributed by atoms with van der Waals surface area (Å²) in [6, 6.07) is 8.55. The molecule has 1 aliphatic rings. The van der Waals surface area contributed by atoms with Gasteiger partial charge in [-0.3, -0.25) is 0 Å². The SMILES string of the molecule is CCCNCc1cccc(OC2CCCCCC2)c1. The van der Waals surface area contributed by atoms with Gasteiger partial charge in [-0.25, -0.2) is 0 Å². The van der Waals surface area contributed by atoms with E-state index in [0.29, 0.717) is 6.10 Å². The Morgan fingerprint density at radius 1 is 1.16 bits per heavy atom. The molecule has 1 fully saturated rings. The standard InChI is InChI=1S/C17H27NO/c1-2-12-18-14-15-8-7-11-17(13-15)19-16-9-5-3-4-6-10-16/h7-8,11,13,16,18H,2-6,9-10,12,14H2,1H3. The lowest BCUT2D eigenvalue weighted by Gasteiger charge is -2.17. The van der Waals surface area contributed by atoms with Crippen molar-refractivity contribution in [3.8, 4) is 5.75 Å². The first kappa shape index (κ1) is 14.4. The van der Waals surface area contributed by atoms with Crippen LogP contribution in [0.25, 0.3) is 0 Å². The van der Waals surface area contributed by atoms with E-state index in [0.717, 1.165) is 18.8 Å². The van der Waals surface area contributed by atoms with Crippen LogP contribution in [0.5, 0.6) is 5.75 Å². The van der Waals surface area contributed by atoms with Crippen molar-refractivity contribution < 1.29 is 4.74 Å². The molecule has 0 aliphatic heterocycles. The Morgan fingerprint density at radius 3 is 2.68 bits per heavy atom. The van der Waals surface area contributed by atoms with Gasteiger partial charge in [-0.1, -0.05) is 31.9 Å². The summed E-state index contributed by atoms with van der Waals surface area (Å²) in [5.74, 6) is 1.04. The van der Waals surface area contributed by atoms with Gasteiger partial charge < -0.3 is 10.1 Å². The first-order valence-electron chi connectivity index (χ1n) is 7.85. The first-order chi connectivity index (χ1) is 9.38. The summed E-state index contributed by atoms with van der Waals surface area (Å²) in [5, 5.41) is 3.44. The van der Waals surface area contributed by atoms with Crippen LogP contribution in [0.4, 0.5) is 0 Å². The summed E-state index contributed by atoms with van der Waals surface area (Å²) in [6.07, 6.45) is 9.45. The van der Waals surface area contributed by atoms with Gasteiger partial charge in [0.25, 0.3) is 0 Å². The van der Waals surface area contributed by atoms with Crippen molar-refractivity contribution in [2.45, 2.75) is 64.5 Å². The molecule has 2 heteroatoms. The van der Waals surface area contributed by atoms with Gasteiger partial charge in [0.2, 0.25) is 0 Å². The second kappa shape index (κ2) is 8.21. The molecule has 0 atom stereocenters. The Kier molecular flexibility index (Phi) is 6.22. The van der Waals surface area contributed by atoms with Gasteiger partial charge in [-0.15, -0.1) is 0 Å². The van der Waals surface area contributed by atoms with E-state index in [4.69, 9.17) is 4.74 Å². The Bertz CT molecular complexity index is 356. The van der Waals surface area contributed by atoms with Gasteiger partial charge in [-0.05, 0) is 56.3 Å². The molecule has 0 spiro atoms. The molecule has 19 heavy (non-hydrogen) atoms. The molecule has 1 saturated carbocycles. The smallest absolute Gasteiger partial charge is 0.120 e. The molecule has 1 aliphatic carbocycles. The van der Waals surface area contributed by atoms with E-state index in [9.17, 15) is 0 Å². The maximum Gasteiger partial charge on any atom is 0.120 e. The number of ether oxygens (including phenoxy) is 1. The van der Waals surface area contributed by atoms with E-state index in [2.05, 4.69) is 36.5 Å². The lowest BCUT2D eigenvalue weighted by Crippen LogP contribution is -2.16. The molecule has 106 valence electrons. The van der Waals surface area contributed by atoms with Gasteiger partial charge in [0.1, 0.15) is 5.75 Å². The average molecular weight is 261 g/mol. The second-order valence-corrected chi connectivity index (χ2v) is 5.56. The van der Waals surface area contributed by atoms with Crippen molar-refractivity contribution >= 4 is 0 Å². The van der Waals surface area contributed by atoms with E-state index in [1.807, 2.05) is 0 Å². The summed E-state index contributed by atoms with van der Waals surface area (Å²) in [6.45, 7) is 4.21. The molecular weight excluding hydrogens is 234 g/mol. The minimum atomic E-state index is 0.432. The lowest BCUT2D eigenvalue weighted by molar-refractivity contribution is 0.183. The third-order valence-electron chi connectivity index (χ3n) is 3.76. The second-order valence-electron chi connectivity index (χ2n) is 5.56. The van der Waals surface area contributed by atoms with Gasteiger partial charge in [0.15, 0.2) is 0 Å². The zero-order valence-electron chi connectivity index (χ0n) is 12.2. The van der Waals surface area contributed by atoms with Crippen molar-refractivity contribution in [3.05, 3.63) is 29.8 Å². The maximum atomic E-state index is 6.15. The minimum absolute atomic E-state index is 0.432. The summed E-state index contributed by atoms with van der Waals surface area (Å²) >= 11 is 0. The minimum Gasteiger partial charge on any atom is -0.490 e. The van der Waals surface area contributed by atoms with Crippen LogP contribution in [0, 0.1) is 0 Å². The van der Waals surface area contributed by atoms with Crippen LogP contribution in [-0.2, 0) is 6.54 Å². The molecule has 1 aromatic carbocycles. The van der Waals surface area contributed by atoms with Crippen LogP contribution >= 0.6 is 0 Å². The molecule has 0 amide bonds. The van der Waals surface area contributed by atoms with Crippen LogP contribution in [-0.4, -0.2) is 12.6 Å². The number of benzene rings is 1. The Morgan fingerprint density at radius 2 is 1.95 bits per heavy atom. The molecule has 2 nitrogen and oxygen atoms in total. The molecule has 1 aromatic rings. The van der Waals surface area contributed by atoms with E-state index in [1.54, 1.807) is 0 Å². The van der Waals surface area contributed by atoms with Crippen LogP contribution in [0.3, 0.4) is 0 Å². The number of hydrogen-bond acceptors (Lipinski definition) is 2. The quantitative estimate of drug-likeness (QED) is 0.609. The van der Waals surface area contributed by atoms with Crippen molar-refractivity contribution in [2.24, 2.45) is 0 Å². The molecule has 0 heterocycles. The van der Waals surface area contributed by atoms with Crippen LogP contribution < -0.4 is 10.1 Å². The van der Waals surface area contributed by atoms with Crippen molar-refractivity contribution in [1.82, 2.24) is 5.32 Å². The zero-order chi connectivity index (χ0) is 13.3. The highest BCUT2D eigenvalue weighted by atomic mass is 16.5. The first-order valence-corrected chi connectivity index (χ1v) is 7.85. The molecule has 0 unspecified atom stereocenters. The Labute approximate surface area is 117 Å². The fraction of sp³-hybridized carbons (Fsp3) is 0.647. The third-order valence-corrected chi connectivity index (χ3v) is 3.76. The Hall–Kier alpha value is -1.02. The van der Waals surface area contributed by atoms with Gasteiger partial charge in [0, 0.05) is 6.54 Å². The third kappa shape index (κ3) is 5.23. The van der Waals surface area contributed by atoms with Gasteiger partial charge in [0.05, 0.1) is 6.10 Å². The van der Waals surface area contributed by atoms with Crippen molar-refractivity contribution in [3.63, 3.8) is 0 Å². The highest BCUT2D eigenvalue weighted by Crippen LogP contribution is 2.23.